The number of carbonyl (C=O) groups excluding carboxylic acids is 1. The second-order valence-corrected chi connectivity index (χ2v) is 3.58. The van der Waals surface area contributed by atoms with Gasteiger partial charge in [-0.25, -0.2) is 4.39 Å². The van der Waals surface area contributed by atoms with E-state index in [9.17, 15) is 9.18 Å². The van der Waals surface area contributed by atoms with Gasteiger partial charge in [0.2, 0.25) is 5.91 Å². The second kappa shape index (κ2) is 7.57. The molecule has 1 aromatic rings. The van der Waals surface area contributed by atoms with Crippen molar-refractivity contribution in [2.24, 2.45) is 0 Å². The highest BCUT2D eigenvalue weighted by molar-refractivity contribution is 5.91. The van der Waals surface area contributed by atoms with Crippen LogP contribution >= 0.6 is 0 Å². The highest BCUT2D eigenvalue weighted by Gasteiger charge is 1.97. The van der Waals surface area contributed by atoms with Gasteiger partial charge >= 0.3 is 0 Å². The number of nitrogens with one attached hydrogen (secondary N) is 1. The van der Waals surface area contributed by atoms with Crippen LogP contribution in [-0.4, -0.2) is 24.2 Å². The van der Waals surface area contributed by atoms with Crippen LogP contribution in [0.25, 0.3) is 6.08 Å². The normalized spacial score (nSPS) is 10.7. The van der Waals surface area contributed by atoms with Crippen molar-refractivity contribution in [1.82, 2.24) is 5.32 Å². The fraction of sp³-hybridized carbons (Fsp3) is 0.308. The van der Waals surface area contributed by atoms with Gasteiger partial charge in [-0.05, 0) is 25.0 Å². The van der Waals surface area contributed by atoms with Crippen LogP contribution in [0, 0.1) is 5.82 Å². The van der Waals surface area contributed by atoms with Crippen molar-refractivity contribution < 1.29 is 14.3 Å². The average Bonchev–Trinajstić information content (AvgIpc) is 2.34. The molecule has 3 nitrogen and oxygen atoms in total. The number of hydrogen-bond donors (Lipinski definition) is 2. The molecule has 0 radical (unpaired) electrons. The summed E-state index contributed by atoms with van der Waals surface area (Å²) in [6.45, 7) is 0.641. The van der Waals surface area contributed by atoms with E-state index in [4.69, 9.17) is 5.11 Å². The van der Waals surface area contributed by atoms with Crippen LogP contribution in [0.4, 0.5) is 4.39 Å². The van der Waals surface area contributed by atoms with Crippen LogP contribution in [0.2, 0.25) is 0 Å². The Balaban J connectivity index is 2.38. The zero-order valence-corrected chi connectivity index (χ0v) is 9.53. The summed E-state index contributed by atoms with van der Waals surface area (Å²) in [5.74, 6) is -0.608. The summed E-state index contributed by atoms with van der Waals surface area (Å²) in [4.78, 5) is 11.3. The van der Waals surface area contributed by atoms with Crippen molar-refractivity contribution in [2.45, 2.75) is 12.8 Å². The van der Waals surface area contributed by atoms with Gasteiger partial charge in [0.05, 0.1) is 0 Å². The Labute approximate surface area is 100.0 Å². The number of benzene rings is 1. The van der Waals surface area contributed by atoms with Gasteiger partial charge in [-0.3, -0.25) is 4.79 Å². The Hall–Kier alpha value is -1.68. The van der Waals surface area contributed by atoms with Crippen molar-refractivity contribution in [2.75, 3.05) is 13.2 Å². The number of carbonyl (C=O) groups is 1. The first-order chi connectivity index (χ1) is 8.24. The molecule has 4 heteroatoms. The van der Waals surface area contributed by atoms with Crippen molar-refractivity contribution in [3.8, 4) is 0 Å². The van der Waals surface area contributed by atoms with Gasteiger partial charge in [0, 0.05) is 24.8 Å². The number of amides is 1. The summed E-state index contributed by atoms with van der Waals surface area (Å²) >= 11 is 0. The van der Waals surface area contributed by atoms with E-state index >= 15 is 0 Å². The molecule has 0 spiro atoms. The lowest BCUT2D eigenvalue weighted by Crippen LogP contribution is -2.22. The lowest BCUT2D eigenvalue weighted by atomic mass is 10.2. The number of unbranched alkanes of at least 4 members (excludes halogenated alkanes) is 1. The zero-order valence-electron chi connectivity index (χ0n) is 9.53. The molecule has 0 aliphatic carbocycles. The molecule has 0 aliphatic heterocycles. The van der Waals surface area contributed by atoms with Gasteiger partial charge in [-0.15, -0.1) is 0 Å². The molecule has 1 amide bonds. The standard InChI is InChI=1S/C13H16FNO2/c14-12-6-2-1-5-11(12)7-8-13(17)15-9-3-4-10-16/h1-2,5-8,16H,3-4,9-10H2,(H,15,17)/b8-7+. The molecule has 0 aliphatic rings. The largest absolute Gasteiger partial charge is 0.396 e. The monoisotopic (exact) mass is 237 g/mol. The molecule has 2 N–H and O–H groups in total. The van der Waals surface area contributed by atoms with E-state index in [1.807, 2.05) is 0 Å². The van der Waals surface area contributed by atoms with Gasteiger partial charge in [-0.1, -0.05) is 18.2 Å². The lowest BCUT2D eigenvalue weighted by Gasteiger charge is -2.00. The highest BCUT2D eigenvalue weighted by Crippen LogP contribution is 2.07. The van der Waals surface area contributed by atoms with Crippen molar-refractivity contribution >= 4 is 12.0 Å². The maximum atomic E-state index is 13.2. The molecule has 1 rings (SSSR count). The van der Waals surface area contributed by atoms with Gasteiger partial charge in [0.1, 0.15) is 5.82 Å². The number of rotatable bonds is 6. The van der Waals surface area contributed by atoms with E-state index in [1.54, 1.807) is 18.2 Å². The number of halogens is 1. The maximum Gasteiger partial charge on any atom is 0.244 e. The molecule has 0 aromatic heterocycles. The lowest BCUT2D eigenvalue weighted by molar-refractivity contribution is -0.116. The van der Waals surface area contributed by atoms with Crippen LogP contribution in [0.3, 0.4) is 0 Å². The summed E-state index contributed by atoms with van der Waals surface area (Å²) in [6, 6.07) is 6.26. The molecule has 0 heterocycles. The average molecular weight is 237 g/mol. The van der Waals surface area contributed by atoms with E-state index in [0.717, 1.165) is 6.42 Å². The summed E-state index contributed by atoms with van der Waals surface area (Å²) in [5, 5.41) is 11.2. The minimum atomic E-state index is -0.350. The molecule has 0 atom stereocenters. The van der Waals surface area contributed by atoms with Crippen LogP contribution in [0.5, 0.6) is 0 Å². The summed E-state index contributed by atoms with van der Waals surface area (Å²) < 4.78 is 13.2. The van der Waals surface area contributed by atoms with Gasteiger partial charge in [0.15, 0.2) is 0 Å². The predicted molar refractivity (Wildman–Crippen MR) is 64.8 cm³/mol. The van der Waals surface area contributed by atoms with Crippen molar-refractivity contribution in [1.29, 1.82) is 0 Å². The molecule has 92 valence electrons. The first-order valence-corrected chi connectivity index (χ1v) is 5.55. The van der Waals surface area contributed by atoms with E-state index in [2.05, 4.69) is 5.32 Å². The first kappa shape index (κ1) is 13.4. The van der Waals surface area contributed by atoms with E-state index in [-0.39, 0.29) is 18.3 Å². The molecule has 0 bridgehead atoms. The molecular weight excluding hydrogens is 221 g/mol. The van der Waals surface area contributed by atoms with Crippen molar-refractivity contribution in [3.05, 3.63) is 41.7 Å². The molecule has 0 unspecified atom stereocenters. The molecule has 0 fully saturated rings. The topological polar surface area (TPSA) is 49.3 Å². The van der Waals surface area contributed by atoms with Gasteiger partial charge in [0.25, 0.3) is 0 Å². The molecule has 17 heavy (non-hydrogen) atoms. The third-order valence-electron chi connectivity index (χ3n) is 2.20. The Morgan fingerprint density at radius 1 is 1.35 bits per heavy atom. The molecular formula is C13H16FNO2. The van der Waals surface area contributed by atoms with Crippen LogP contribution in [0.15, 0.2) is 30.3 Å². The molecule has 0 saturated carbocycles. The smallest absolute Gasteiger partial charge is 0.244 e. The third kappa shape index (κ3) is 5.26. The third-order valence-corrected chi connectivity index (χ3v) is 2.20. The number of aliphatic hydroxyl groups excluding tert-OH is 1. The highest BCUT2D eigenvalue weighted by atomic mass is 19.1. The maximum absolute atomic E-state index is 13.2. The second-order valence-electron chi connectivity index (χ2n) is 3.58. The summed E-state index contributed by atoms with van der Waals surface area (Å²) in [7, 11) is 0. The van der Waals surface area contributed by atoms with Crippen LogP contribution in [-0.2, 0) is 4.79 Å². The SMILES string of the molecule is O=C(/C=C/c1ccccc1F)NCCCCO. The first-order valence-electron chi connectivity index (χ1n) is 5.55. The minimum Gasteiger partial charge on any atom is -0.396 e. The van der Waals surface area contributed by atoms with E-state index in [0.29, 0.717) is 18.5 Å². The quantitative estimate of drug-likeness (QED) is 0.584. The fourth-order valence-electron chi connectivity index (χ4n) is 1.28. The van der Waals surface area contributed by atoms with Crippen molar-refractivity contribution in [3.63, 3.8) is 0 Å². The van der Waals surface area contributed by atoms with E-state index in [1.165, 1.54) is 18.2 Å². The Morgan fingerprint density at radius 3 is 2.82 bits per heavy atom. The van der Waals surface area contributed by atoms with Gasteiger partial charge in [-0.2, -0.15) is 0 Å². The fourth-order valence-corrected chi connectivity index (χ4v) is 1.28. The molecule has 1 aromatic carbocycles. The van der Waals surface area contributed by atoms with Crippen LogP contribution in [0.1, 0.15) is 18.4 Å². The number of hydrogen-bond acceptors (Lipinski definition) is 2. The minimum absolute atomic E-state index is 0.126. The summed E-state index contributed by atoms with van der Waals surface area (Å²) in [6.07, 6.45) is 4.14. The number of aliphatic hydroxyl groups is 1. The Morgan fingerprint density at radius 2 is 2.12 bits per heavy atom. The predicted octanol–water partition coefficient (Wildman–Crippen LogP) is 1.73. The van der Waals surface area contributed by atoms with E-state index < -0.39 is 0 Å². The summed E-state index contributed by atoms with van der Waals surface area (Å²) in [5.41, 5.74) is 0.387. The Bertz CT molecular complexity index is 391. The molecule has 0 saturated heterocycles. The van der Waals surface area contributed by atoms with Crippen LogP contribution < -0.4 is 5.32 Å². The van der Waals surface area contributed by atoms with Gasteiger partial charge < -0.3 is 10.4 Å². The zero-order chi connectivity index (χ0) is 12.5. The Kier molecular flexibility index (Phi) is 5.96.